The minimum Gasteiger partial charge on any atom is -0.396 e. The summed E-state index contributed by atoms with van der Waals surface area (Å²) >= 11 is 0. The quantitative estimate of drug-likeness (QED) is 0.149. The van der Waals surface area contributed by atoms with E-state index in [1.165, 1.54) is 83.5 Å². The molecule has 2 fully saturated rings. The molecule has 224 valence electrons. The molecule has 5 atom stereocenters. The lowest BCUT2D eigenvalue weighted by atomic mass is 10.00. The van der Waals surface area contributed by atoms with Crippen LogP contribution in [-0.4, -0.2) is 54.7 Å². The molecule has 0 saturated carbocycles. The number of rotatable bonds is 22. The van der Waals surface area contributed by atoms with Crippen LogP contribution in [0.5, 0.6) is 0 Å². The summed E-state index contributed by atoms with van der Waals surface area (Å²) in [5.41, 5.74) is 1.12. The SMILES string of the molecule is CCCCCCCCCCCCCCCCNC(CCO)[C@H]1O[C@@H]2OC(C)(C)O[C@@H]2[C@H]1OCc1ccccc1. The van der Waals surface area contributed by atoms with Gasteiger partial charge in [-0.25, -0.2) is 0 Å². The van der Waals surface area contributed by atoms with Gasteiger partial charge in [-0.3, -0.25) is 0 Å². The van der Waals surface area contributed by atoms with Gasteiger partial charge in [-0.2, -0.15) is 0 Å². The van der Waals surface area contributed by atoms with Gasteiger partial charge in [-0.15, -0.1) is 0 Å². The molecule has 6 nitrogen and oxygen atoms in total. The van der Waals surface area contributed by atoms with Crippen LogP contribution in [0.25, 0.3) is 0 Å². The van der Waals surface area contributed by atoms with Crippen LogP contribution < -0.4 is 5.32 Å². The lowest BCUT2D eigenvalue weighted by molar-refractivity contribution is -0.222. The van der Waals surface area contributed by atoms with E-state index < -0.39 is 12.1 Å². The number of aliphatic hydroxyl groups is 1. The smallest absolute Gasteiger partial charge is 0.190 e. The molecule has 0 aromatic heterocycles. The zero-order chi connectivity index (χ0) is 27.8. The van der Waals surface area contributed by atoms with Crippen LogP contribution in [0.2, 0.25) is 0 Å². The van der Waals surface area contributed by atoms with Crippen molar-refractivity contribution < 1.29 is 24.1 Å². The van der Waals surface area contributed by atoms with Gasteiger partial charge in [-0.1, -0.05) is 121 Å². The first-order valence-electron chi connectivity index (χ1n) is 16.0. The van der Waals surface area contributed by atoms with E-state index in [0.29, 0.717) is 13.0 Å². The predicted molar refractivity (Wildman–Crippen MR) is 158 cm³/mol. The molecule has 3 rings (SSSR count). The number of benzene rings is 1. The average Bonchev–Trinajstić information content (AvgIpc) is 3.41. The summed E-state index contributed by atoms with van der Waals surface area (Å²) in [5, 5.41) is 13.5. The topological polar surface area (TPSA) is 69.2 Å². The van der Waals surface area contributed by atoms with Crippen LogP contribution >= 0.6 is 0 Å². The summed E-state index contributed by atoms with van der Waals surface area (Å²) in [6.07, 6.45) is 18.4. The number of unbranched alkanes of at least 4 members (excludes halogenated alkanes) is 13. The van der Waals surface area contributed by atoms with Crippen LogP contribution in [0.15, 0.2) is 30.3 Å². The Morgan fingerprint density at radius 1 is 0.846 bits per heavy atom. The third kappa shape index (κ3) is 11.8. The van der Waals surface area contributed by atoms with E-state index in [0.717, 1.165) is 18.5 Å². The molecule has 2 aliphatic heterocycles. The van der Waals surface area contributed by atoms with Crippen LogP contribution in [-0.2, 0) is 25.6 Å². The molecule has 0 spiro atoms. The lowest BCUT2D eigenvalue weighted by Gasteiger charge is -2.31. The van der Waals surface area contributed by atoms with E-state index in [2.05, 4.69) is 24.4 Å². The number of fused-ring (bicyclic) bond motifs is 1. The summed E-state index contributed by atoms with van der Waals surface area (Å²) < 4.78 is 25.0. The average molecular weight is 548 g/mol. The predicted octanol–water partition coefficient (Wildman–Crippen LogP) is 7.27. The highest BCUT2D eigenvalue weighted by Gasteiger charge is 2.56. The fourth-order valence-corrected chi connectivity index (χ4v) is 5.91. The van der Waals surface area contributed by atoms with Gasteiger partial charge in [0.15, 0.2) is 12.1 Å². The summed E-state index contributed by atoms with van der Waals surface area (Å²) in [6, 6.07) is 10.2. The molecule has 6 heteroatoms. The monoisotopic (exact) mass is 547 g/mol. The Labute approximate surface area is 238 Å². The van der Waals surface area contributed by atoms with Gasteiger partial charge in [0.1, 0.15) is 18.3 Å². The number of ether oxygens (including phenoxy) is 4. The van der Waals surface area contributed by atoms with Gasteiger partial charge in [0.05, 0.1) is 6.61 Å². The Morgan fingerprint density at radius 2 is 1.44 bits per heavy atom. The minimum absolute atomic E-state index is 0.0151. The van der Waals surface area contributed by atoms with E-state index in [9.17, 15) is 5.11 Å². The van der Waals surface area contributed by atoms with Crippen molar-refractivity contribution in [3.63, 3.8) is 0 Å². The van der Waals surface area contributed by atoms with Crippen molar-refractivity contribution in [1.82, 2.24) is 5.32 Å². The molecule has 1 aromatic rings. The molecule has 0 amide bonds. The zero-order valence-electron chi connectivity index (χ0n) is 25.1. The maximum absolute atomic E-state index is 9.80. The molecule has 0 radical (unpaired) electrons. The van der Waals surface area contributed by atoms with E-state index >= 15 is 0 Å². The number of aliphatic hydroxyl groups excluding tert-OH is 1. The van der Waals surface area contributed by atoms with Crippen molar-refractivity contribution >= 4 is 0 Å². The Balaban J connectivity index is 1.33. The zero-order valence-corrected chi connectivity index (χ0v) is 25.1. The molecular formula is C33H57NO5. The standard InChI is InChI=1S/C33H57NO5/c1-4-5-6-7-8-9-10-11-12-13-14-15-16-20-24-34-28(23-25-35)29-30(36-26-27-21-18-17-19-22-27)31-32(37-29)39-33(2,3)38-31/h17-19,21-22,28-32,34-35H,4-16,20,23-26H2,1-3H3/t28?,29-,30+,31-,32-/m1/s1. The normalized spacial score (nSPS) is 24.7. The molecule has 2 heterocycles. The van der Waals surface area contributed by atoms with Crippen molar-refractivity contribution in [3.05, 3.63) is 35.9 Å². The van der Waals surface area contributed by atoms with Gasteiger partial charge in [0, 0.05) is 12.6 Å². The largest absolute Gasteiger partial charge is 0.396 e. The molecule has 0 bridgehead atoms. The van der Waals surface area contributed by atoms with E-state index in [1.54, 1.807) is 0 Å². The molecule has 0 aliphatic carbocycles. The van der Waals surface area contributed by atoms with Crippen LogP contribution in [0, 0.1) is 0 Å². The van der Waals surface area contributed by atoms with Gasteiger partial charge in [-0.05, 0) is 38.8 Å². The van der Waals surface area contributed by atoms with E-state index in [1.807, 2.05) is 32.0 Å². The molecule has 1 unspecified atom stereocenters. The van der Waals surface area contributed by atoms with Crippen molar-refractivity contribution in [2.24, 2.45) is 0 Å². The lowest BCUT2D eigenvalue weighted by Crippen LogP contribution is -2.49. The fraction of sp³-hybridized carbons (Fsp3) is 0.818. The maximum Gasteiger partial charge on any atom is 0.190 e. The summed E-state index contributed by atoms with van der Waals surface area (Å²) in [5.74, 6) is -0.692. The second-order valence-corrected chi connectivity index (χ2v) is 12.0. The Kier molecular flexibility index (Phi) is 15.3. The third-order valence-corrected chi connectivity index (χ3v) is 8.09. The first-order valence-corrected chi connectivity index (χ1v) is 16.0. The Hall–Kier alpha value is -1.02. The molecule has 39 heavy (non-hydrogen) atoms. The fourth-order valence-electron chi connectivity index (χ4n) is 5.91. The van der Waals surface area contributed by atoms with Crippen molar-refractivity contribution in [2.45, 2.75) is 160 Å². The van der Waals surface area contributed by atoms with E-state index in [4.69, 9.17) is 18.9 Å². The van der Waals surface area contributed by atoms with Crippen LogP contribution in [0.4, 0.5) is 0 Å². The summed E-state index contributed by atoms with van der Waals surface area (Å²) in [7, 11) is 0. The second kappa shape index (κ2) is 18.4. The minimum atomic E-state index is -0.692. The first kappa shape index (κ1) is 32.5. The Morgan fingerprint density at radius 3 is 2.03 bits per heavy atom. The van der Waals surface area contributed by atoms with Gasteiger partial charge >= 0.3 is 0 Å². The van der Waals surface area contributed by atoms with Gasteiger partial charge in [0.2, 0.25) is 0 Å². The number of nitrogens with one attached hydrogen (secondary N) is 1. The molecule has 2 N–H and O–H groups in total. The highest BCUT2D eigenvalue weighted by molar-refractivity contribution is 5.13. The summed E-state index contributed by atoms with van der Waals surface area (Å²) in [4.78, 5) is 0. The van der Waals surface area contributed by atoms with Crippen molar-refractivity contribution in [1.29, 1.82) is 0 Å². The molecule has 2 saturated heterocycles. The highest BCUT2D eigenvalue weighted by Crippen LogP contribution is 2.40. The van der Waals surface area contributed by atoms with Crippen molar-refractivity contribution in [2.75, 3.05) is 13.2 Å². The molecular weight excluding hydrogens is 490 g/mol. The molecule has 1 aromatic carbocycles. The highest BCUT2D eigenvalue weighted by atomic mass is 16.8. The second-order valence-electron chi connectivity index (χ2n) is 12.0. The number of hydrogen-bond acceptors (Lipinski definition) is 6. The first-order chi connectivity index (χ1) is 19.0. The maximum atomic E-state index is 9.80. The molecule has 2 aliphatic rings. The van der Waals surface area contributed by atoms with Gasteiger partial charge in [0.25, 0.3) is 0 Å². The van der Waals surface area contributed by atoms with Gasteiger partial charge < -0.3 is 29.4 Å². The van der Waals surface area contributed by atoms with Crippen LogP contribution in [0.3, 0.4) is 0 Å². The van der Waals surface area contributed by atoms with E-state index in [-0.39, 0.29) is 31.0 Å². The number of hydrogen-bond donors (Lipinski definition) is 2. The Bertz CT molecular complexity index is 745. The van der Waals surface area contributed by atoms with Crippen LogP contribution in [0.1, 0.15) is 123 Å². The van der Waals surface area contributed by atoms with Crippen molar-refractivity contribution in [3.8, 4) is 0 Å². The summed E-state index contributed by atoms with van der Waals surface area (Å²) in [6.45, 7) is 7.61. The third-order valence-electron chi connectivity index (χ3n) is 8.09.